The maximum atomic E-state index is 12.6. The first-order chi connectivity index (χ1) is 13.8. The number of anilines is 1. The minimum atomic E-state index is -3.31. The maximum absolute atomic E-state index is 12.6. The van der Waals surface area contributed by atoms with Gasteiger partial charge in [0.15, 0.2) is 5.69 Å². The lowest BCUT2D eigenvalue weighted by atomic mass is 9.98. The molecule has 1 unspecified atom stereocenters. The molecule has 1 fully saturated rings. The summed E-state index contributed by atoms with van der Waals surface area (Å²) in [5.74, 6) is -1.12. The van der Waals surface area contributed by atoms with Crippen LogP contribution in [0, 0.1) is 5.92 Å². The van der Waals surface area contributed by atoms with Crippen LogP contribution in [-0.4, -0.2) is 60.3 Å². The number of aromatic nitrogens is 2. The normalized spacial score (nSPS) is 17.7. The summed E-state index contributed by atoms with van der Waals surface area (Å²) in [5.41, 5.74) is 1.43. The van der Waals surface area contributed by atoms with Crippen molar-refractivity contribution in [3.05, 3.63) is 42.2 Å². The Kier molecular flexibility index (Phi) is 6.33. The van der Waals surface area contributed by atoms with Crippen LogP contribution in [0.25, 0.3) is 5.69 Å². The van der Waals surface area contributed by atoms with Crippen molar-refractivity contribution in [2.45, 2.75) is 19.8 Å². The molecule has 3 rings (SSSR count). The minimum Gasteiger partial charge on any atom is -0.461 e. The highest BCUT2D eigenvalue weighted by Gasteiger charge is 2.30. The Hall–Kier alpha value is -2.72. The van der Waals surface area contributed by atoms with E-state index in [1.807, 2.05) is 0 Å². The summed E-state index contributed by atoms with van der Waals surface area (Å²) in [6.45, 7) is 2.63. The highest BCUT2D eigenvalue weighted by Crippen LogP contribution is 2.21. The van der Waals surface area contributed by atoms with Crippen molar-refractivity contribution in [2.75, 3.05) is 31.3 Å². The van der Waals surface area contributed by atoms with Gasteiger partial charge >= 0.3 is 5.97 Å². The van der Waals surface area contributed by atoms with E-state index in [0.717, 1.165) is 6.26 Å². The van der Waals surface area contributed by atoms with E-state index >= 15 is 0 Å². The number of nitrogens with one attached hydrogen (secondary N) is 1. The van der Waals surface area contributed by atoms with Gasteiger partial charge in [-0.2, -0.15) is 5.10 Å². The lowest BCUT2D eigenvalue weighted by molar-refractivity contribution is -0.120. The van der Waals surface area contributed by atoms with Gasteiger partial charge in [-0.3, -0.25) is 4.79 Å². The van der Waals surface area contributed by atoms with Crippen molar-refractivity contribution in [3.63, 3.8) is 0 Å². The lowest BCUT2D eigenvalue weighted by Crippen LogP contribution is -2.43. The molecule has 2 heterocycles. The second-order valence-corrected chi connectivity index (χ2v) is 8.85. The van der Waals surface area contributed by atoms with Gasteiger partial charge in [-0.15, -0.1) is 0 Å². The van der Waals surface area contributed by atoms with Gasteiger partial charge in [-0.05, 0) is 44.0 Å². The largest absolute Gasteiger partial charge is 0.461 e. The molecule has 1 aliphatic rings. The molecule has 1 aromatic carbocycles. The fourth-order valence-corrected chi connectivity index (χ4v) is 4.12. The van der Waals surface area contributed by atoms with Crippen LogP contribution in [0.5, 0.6) is 0 Å². The van der Waals surface area contributed by atoms with Gasteiger partial charge < -0.3 is 10.1 Å². The fraction of sp³-hybridized carbons (Fsp3) is 0.421. The third-order valence-corrected chi connectivity index (χ3v) is 5.95. The third-order valence-electron chi connectivity index (χ3n) is 4.68. The molecule has 156 valence electrons. The molecule has 1 N–H and O–H groups in total. The minimum absolute atomic E-state index is 0.187. The Balaban J connectivity index is 1.70. The van der Waals surface area contributed by atoms with Crippen molar-refractivity contribution in [1.29, 1.82) is 0 Å². The number of benzene rings is 1. The monoisotopic (exact) mass is 420 g/mol. The van der Waals surface area contributed by atoms with Gasteiger partial charge in [-0.1, -0.05) is 6.07 Å². The quantitative estimate of drug-likeness (QED) is 0.712. The number of amides is 1. The molecule has 1 saturated heterocycles. The average molecular weight is 420 g/mol. The van der Waals surface area contributed by atoms with Crippen molar-refractivity contribution in [1.82, 2.24) is 14.1 Å². The summed E-state index contributed by atoms with van der Waals surface area (Å²) < 4.78 is 31.3. The molecule has 0 radical (unpaired) electrons. The molecule has 9 nitrogen and oxygen atoms in total. The van der Waals surface area contributed by atoms with Gasteiger partial charge in [0.1, 0.15) is 0 Å². The Labute approximate surface area is 169 Å². The van der Waals surface area contributed by atoms with E-state index < -0.39 is 21.9 Å². The molecule has 29 heavy (non-hydrogen) atoms. The summed E-state index contributed by atoms with van der Waals surface area (Å²) >= 11 is 0. The number of nitrogens with zero attached hydrogens (tertiary/aromatic N) is 3. The summed E-state index contributed by atoms with van der Waals surface area (Å²) in [6.07, 6.45) is 4.08. The van der Waals surface area contributed by atoms with Crippen LogP contribution in [0.4, 0.5) is 5.69 Å². The first-order valence-electron chi connectivity index (χ1n) is 9.37. The van der Waals surface area contributed by atoms with Crippen molar-refractivity contribution >= 4 is 27.6 Å². The predicted molar refractivity (Wildman–Crippen MR) is 107 cm³/mol. The average Bonchev–Trinajstić information content (AvgIpc) is 3.18. The number of esters is 1. The van der Waals surface area contributed by atoms with E-state index in [9.17, 15) is 18.0 Å². The number of rotatable bonds is 6. The van der Waals surface area contributed by atoms with E-state index in [1.54, 1.807) is 43.5 Å². The van der Waals surface area contributed by atoms with Crippen molar-refractivity contribution in [2.24, 2.45) is 5.92 Å². The molecular formula is C19H24N4O5S. The van der Waals surface area contributed by atoms with Crippen LogP contribution < -0.4 is 5.32 Å². The third kappa shape index (κ3) is 5.21. The lowest BCUT2D eigenvalue weighted by Gasteiger charge is -2.30. The van der Waals surface area contributed by atoms with Crippen molar-refractivity contribution < 1.29 is 22.7 Å². The zero-order valence-corrected chi connectivity index (χ0v) is 17.2. The molecule has 0 bridgehead atoms. The van der Waals surface area contributed by atoms with Crippen LogP contribution in [-0.2, 0) is 19.6 Å². The van der Waals surface area contributed by atoms with Gasteiger partial charge in [0, 0.05) is 25.0 Å². The SMILES string of the molecule is CCOC(=O)c1ccn(-c2cccc(NC(=O)C3CCCN(S(C)(=O)=O)C3)c2)n1. The second kappa shape index (κ2) is 8.75. The second-order valence-electron chi connectivity index (χ2n) is 6.87. The van der Waals surface area contributed by atoms with Crippen LogP contribution in [0.15, 0.2) is 36.5 Å². The molecule has 1 aromatic heterocycles. The summed E-state index contributed by atoms with van der Waals surface area (Å²) in [6, 6.07) is 8.60. The highest BCUT2D eigenvalue weighted by molar-refractivity contribution is 7.88. The first-order valence-corrected chi connectivity index (χ1v) is 11.2. The maximum Gasteiger partial charge on any atom is 0.358 e. The first kappa shape index (κ1) is 21.0. The Morgan fingerprint density at radius 1 is 1.31 bits per heavy atom. The number of hydrogen-bond acceptors (Lipinski definition) is 6. The van der Waals surface area contributed by atoms with Crippen LogP contribution in [0.1, 0.15) is 30.3 Å². The summed E-state index contributed by atoms with van der Waals surface area (Å²) in [5, 5.41) is 7.05. The number of hydrogen-bond donors (Lipinski definition) is 1. The number of piperidine rings is 1. The standard InChI is InChI=1S/C19H24N4O5S/c1-3-28-19(25)17-9-11-23(21-17)16-8-4-7-15(12-16)20-18(24)14-6-5-10-22(13-14)29(2,26)27/h4,7-9,11-12,14H,3,5-6,10,13H2,1-2H3,(H,20,24). The van der Waals surface area contributed by atoms with E-state index in [2.05, 4.69) is 10.4 Å². The highest BCUT2D eigenvalue weighted by atomic mass is 32.2. The number of sulfonamides is 1. The topological polar surface area (TPSA) is 111 Å². The number of ether oxygens (including phenoxy) is 1. The molecular weight excluding hydrogens is 396 g/mol. The molecule has 0 aliphatic carbocycles. The molecule has 0 spiro atoms. The zero-order valence-electron chi connectivity index (χ0n) is 16.4. The Bertz CT molecular complexity index is 1000. The summed E-state index contributed by atoms with van der Waals surface area (Å²) in [7, 11) is -3.31. The van der Waals surface area contributed by atoms with E-state index in [-0.39, 0.29) is 24.8 Å². The predicted octanol–water partition coefficient (Wildman–Crippen LogP) is 1.66. The van der Waals surface area contributed by atoms with Gasteiger partial charge in [0.05, 0.1) is 24.5 Å². The molecule has 10 heteroatoms. The Morgan fingerprint density at radius 2 is 2.10 bits per heavy atom. The van der Waals surface area contributed by atoms with Gasteiger partial charge in [-0.25, -0.2) is 22.2 Å². The zero-order chi connectivity index (χ0) is 21.0. The number of carbonyl (C=O) groups is 2. The van der Waals surface area contributed by atoms with E-state index in [0.29, 0.717) is 30.8 Å². The fourth-order valence-electron chi connectivity index (χ4n) is 3.21. The van der Waals surface area contributed by atoms with Crippen LogP contribution >= 0.6 is 0 Å². The molecule has 1 aliphatic heterocycles. The van der Waals surface area contributed by atoms with E-state index in [4.69, 9.17) is 4.74 Å². The van der Waals surface area contributed by atoms with Gasteiger partial charge in [0.25, 0.3) is 0 Å². The summed E-state index contributed by atoms with van der Waals surface area (Å²) in [4.78, 5) is 24.4. The number of carbonyl (C=O) groups excluding carboxylic acids is 2. The molecule has 1 atom stereocenters. The molecule has 0 saturated carbocycles. The van der Waals surface area contributed by atoms with E-state index in [1.165, 1.54) is 8.99 Å². The molecule has 1 amide bonds. The smallest absolute Gasteiger partial charge is 0.358 e. The van der Waals surface area contributed by atoms with Gasteiger partial charge in [0.2, 0.25) is 15.9 Å². The van der Waals surface area contributed by atoms with Crippen molar-refractivity contribution in [3.8, 4) is 5.69 Å². The van der Waals surface area contributed by atoms with Crippen LogP contribution in [0.3, 0.4) is 0 Å². The Morgan fingerprint density at radius 3 is 2.83 bits per heavy atom. The molecule has 2 aromatic rings. The van der Waals surface area contributed by atoms with Crippen LogP contribution in [0.2, 0.25) is 0 Å².